The van der Waals surface area contributed by atoms with E-state index >= 15 is 0 Å². The van der Waals surface area contributed by atoms with Gasteiger partial charge in [0.15, 0.2) is 0 Å². The van der Waals surface area contributed by atoms with Gasteiger partial charge in [-0.1, -0.05) is 27.7 Å². The number of nitrogens with one attached hydrogen (secondary N) is 1. The molecule has 0 aromatic heterocycles. The van der Waals surface area contributed by atoms with E-state index in [9.17, 15) is 18.4 Å². The second kappa shape index (κ2) is 11.4. The zero-order chi connectivity index (χ0) is 22.3. The van der Waals surface area contributed by atoms with Gasteiger partial charge in [0.05, 0.1) is 5.56 Å². The van der Waals surface area contributed by atoms with Gasteiger partial charge in [0.25, 0.3) is 5.91 Å². The molecule has 0 aliphatic carbocycles. The highest BCUT2D eigenvalue weighted by molar-refractivity contribution is 5.94. The molecule has 30 heavy (non-hydrogen) atoms. The minimum Gasteiger partial charge on any atom is -0.354 e. The first-order chi connectivity index (χ1) is 14.3. The second-order valence-electron chi connectivity index (χ2n) is 8.44. The topological polar surface area (TPSA) is 52.7 Å². The maximum Gasteiger partial charge on any atom is 0.256 e. The van der Waals surface area contributed by atoms with Crippen LogP contribution in [0.25, 0.3) is 0 Å². The standard InChI is InChI=1S/C23H35F2N3O2/c1-5-27(6-2)19(13-16(3)4)15-26-22(29)17-9-11-28(12-10-17)23(30)20-8-7-18(24)14-21(20)25/h7-8,14,16-17,19H,5-6,9-13,15H2,1-4H3,(H,26,29)/t19-/m1/s1. The summed E-state index contributed by atoms with van der Waals surface area (Å²) in [6.45, 7) is 11.9. The maximum absolute atomic E-state index is 13.9. The summed E-state index contributed by atoms with van der Waals surface area (Å²) in [5.74, 6) is -1.59. The molecule has 1 aromatic rings. The third-order valence-corrected chi connectivity index (χ3v) is 5.90. The number of halogens is 2. The molecule has 1 saturated heterocycles. The van der Waals surface area contributed by atoms with Crippen LogP contribution >= 0.6 is 0 Å². The first-order valence-electron chi connectivity index (χ1n) is 11.0. The summed E-state index contributed by atoms with van der Waals surface area (Å²) in [6, 6.07) is 3.29. The smallest absolute Gasteiger partial charge is 0.256 e. The molecule has 1 aliphatic rings. The van der Waals surface area contributed by atoms with Crippen LogP contribution in [0.15, 0.2) is 18.2 Å². The van der Waals surface area contributed by atoms with E-state index in [-0.39, 0.29) is 17.4 Å². The Bertz CT molecular complexity index is 714. The van der Waals surface area contributed by atoms with Crippen LogP contribution in [0, 0.1) is 23.5 Å². The number of amides is 2. The Kier molecular flexibility index (Phi) is 9.21. The number of rotatable bonds is 9. The molecule has 1 N–H and O–H groups in total. The van der Waals surface area contributed by atoms with E-state index in [1.807, 2.05) is 0 Å². The molecule has 0 spiro atoms. The van der Waals surface area contributed by atoms with Crippen molar-refractivity contribution in [2.75, 3.05) is 32.7 Å². The summed E-state index contributed by atoms with van der Waals surface area (Å²) in [5.41, 5.74) is -0.130. The summed E-state index contributed by atoms with van der Waals surface area (Å²) in [7, 11) is 0. The largest absolute Gasteiger partial charge is 0.354 e. The van der Waals surface area contributed by atoms with Gasteiger partial charge in [-0.2, -0.15) is 0 Å². The molecular weight excluding hydrogens is 388 g/mol. The summed E-state index contributed by atoms with van der Waals surface area (Å²) in [4.78, 5) is 29.1. The van der Waals surface area contributed by atoms with E-state index in [0.717, 1.165) is 31.6 Å². The molecule has 1 atom stereocenters. The minimum absolute atomic E-state index is 0.0240. The van der Waals surface area contributed by atoms with Gasteiger partial charge in [-0.05, 0) is 50.4 Å². The van der Waals surface area contributed by atoms with Gasteiger partial charge >= 0.3 is 0 Å². The number of nitrogens with zero attached hydrogens (tertiary/aromatic N) is 2. The lowest BCUT2D eigenvalue weighted by atomic mass is 9.95. The number of likely N-dealkylation sites (tertiary alicyclic amines) is 1. The molecule has 1 fully saturated rings. The van der Waals surface area contributed by atoms with Gasteiger partial charge in [-0.15, -0.1) is 0 Å². The Morgan fingerprint density at radius 1 is 1.17 bits per heavy atom. The summed E-state index contributed by atoms with van der Waals surface area (Å²) in [6.07, 6.45) is 2.11. The molecule has 1 heterocycles. The quantitative estimate of drug-likeness (QED) is 0.659. The first kappa shape index (κ1) is 24.3. The van der Waals surface area contributed by atoms with Crippen LogP contribution in [0.1, 0.15) is 57.3 Å². The summed E-state index contributed by atoms with van der Waals surface area (Å²) >= 11 is 0. The van der Waals surface area contributed by atoms with Crippen molar-refractivity contribution < 1.29 is 18.4 Å². The van der Waals surface area contributed by atoms with Crippen molar-refractivity contribution in [2.45, 2.75) is 53.0 Å². The predicted molar refractivity (Wildman–Crippen MR) is 114 cm³/mol. The van der Waals surface area contributed by atoms with Crippen LogP contribution < -0.4 is 5.32 Å². The summed E-state index contributed by atoms with van der Waals surface area (Å²) in [5, 5.41) is 3.11. The van der Waals surface area contributed by atoms with Crippen LogP contribution in [-0.2, 0) is 4.79 Å². The fraction of sp³-hybridized carbons (Fsp3) is 0.652. The van der Waals surface area contributed by atoms with Gasteiger partial charge in [0, 0.05) is 37.7 Å². The van der Waals surface area contributed by atoms with E-state index in [1.54, 1.807) is 0 Å². The molecular formula is C23H35F2N3O2. The zero-order valence-corrected chi connectivity index (χ0v) is 18.6. The van der Waals surface area contributed by atoms with E-state index in [2.05, 4.69) is 37.9 Å². The predicted octanol–water partition coefficient (Wildman–Crippen LogP) is 3.69. The maximum atomic E-state index is 13.9. The average Bonchev–Trinajstić information content (AvgIpc) is 2.71. The molecule has 168 valence electrons. The molecule has 0 saturated carbocycles. The minimum atomic E-state index is -0.854. The van der Waals surface area contributed by atoms with Gasteiger partial charge < -0.3 is 10.2 Å². The molecule has 0 bridgehead atoms. The van der Waals surface area contributed by atoms with Crippen LogP contribution in [0.4, 0.5) is 8.78 Å². The van der Waals surface area contributed by atoms with Crippen molar-refractivity contribution >= 4 is 11.8 Å². The highest BCUT2D eigenvalue weighted by Gasteiger charge is 2.29. The fourth-order valence-corrected chi connectivity index (χ4v) is 4.19. The van der Waals surface area contributed by atoms with E-state index < -0.39 is 17.5 Å². The molecule has 2 rings (SSSR count). The van der Waals surface area contributed by atoms with Crippen molar-refractivity contribution in [3.8, 4) is 0 Å². The van der Waals surface area contributed by atoms with Crippen molar-refractivity contribution in [3.63, 3.8) is 0 Å². The van der Waals surface area contributed by atoms with Crippen molar-refractivity contribution in [1.82, 2.24) is 15.1 Å². The molecule has 5 nitrogen and oxygen atoms in total. The Balaban J connectivity index is 1.87. The number of benzene rings is 1. The molecule has 1 aliphatic heterocycles. The fourth-order valence-electron chi connectivity index (χ4n) is 4.19. The molecule has 2 amide bonds. The number of carbonyl (C=O) groups is 2. The third kappa shape index (κ3) is 6.49. The molecule has 7 heteroatoms. The van der Waals surface area contributed by atoms with Gasteiger partial charge in [0.1, 0.15) is 11.6 Å². The Morgan fingerprint density at radius 3 is 2.33 bits per heavy atom. The number of hydrogen-bond acceptors (Lipinski definition) is 3. The molecule has 0 radical (unpaired) electrons. The Labute approximate surface area is 178 Å². The van der Waals surface area contributed by atoms with Crippen molar-refractivity contribution in [1.29, 1.82) is 0 Å². The van der Waals surface area contributed by atoms with E-state index in [1.165, 1.54) is 11.0 Å². The van der Waals surface area contributed by atoms with Crippen LogP contribution in [0.3, 0.4) is 0 Å². The molecule has 1 aromatic carbocycles. The summed E-state index contributed by atoms with van der Waals surface area (Å²) < 4.78 is 27.0. The van der Waals surface area contributed by atoms with Crippen molar-refractivity contribution in [3.05, 3.63) is 35.4 Å². The zero-order valence-electron chi connectivity index (χ0n) is 18.6. The monoisotopic (exact) mass is 423 g/mol. The van der Waals surface area contributed by atoms with Crippen LogP contribution in [0.5, 0.6) is 0 Å². The Hall–Kier alpha value is -2.02. The number of piperidine rings is 1. The SMILES string of the molecule is CCN(CC)[C@@H](CNC(=O)C1CCN(C(=O)c2ccc(F)cc2F)CC1)CC(C)C. The van der Waals surface area contributed by atoms with Crippen molar-refractivity contribution in [2.24, 2.45) is 11.8 Å². The highest BCUT2D eigenvalue weighted by Crippen LogP contribution is 2.21. The lowest BCUT2D eigenvalue weighted by molar-refractivity contribution is -0.126. The average molecular weight is 424 g/mol. The van der Waals surface area contributed by atoms with Crippen LogP contribution in [0.2, 0.25) is 0 Å². The second-order valence-corrected chi connectivity index (χ2v) is 8.44. The van der Waals surface area contributed by atoms with Gasteiger partial charge in [-0.3, -0.25) is 14.5 Å². The van der Waals surface area contributed by atoms with E-state index in [4.69, 9.17) is 0 Å². The van der Waals surface area contributed by atoms with Gasteiger partial charge in [0.2, 0.25) is 5.91 Å². The molecule has 0 unspecified atom stereocenters. The number of hydrogen-bond donors (Lipinski definition) is 1. The highest BCUT2D eigenvalue weighted by atomic mass is 19.1. The Morgan fingerprint density at radius 2 is 1.80 bits per heavy atom. The normalized spacial score (nSPS) is 16.2. The van der Waals surface area contributed by atoms with Crippen LogP contribution in [-0.4, -0.2) is 60.4 Å². The lowest BCUT2D eigenvalue weighted by Crippen LogP contribution is -2.48. The third-order valence-electron chi connectivity index (χ3n) is 5.90. The first-order valence-corrected chi connectivity index (χ1v) is 11.0. The number of likely N-dealkylation sites (N-methyl/N-ethyl adjacent to an activating group) is 1. The van der Waals surface area contributed by atoms with Gasteiger partial charge in [-0.25, -0.2) is 8.78 Å². The van der Waals surface area contributed by atoms with E-state index in [0.29, 0.717) is 44.4 Å². The lowest BCUT2D eigenvalue weighted by Gasteiger charge is -2.33. The number of carbonyl (C=O) groups excluding carboxylic acids is 2.